The summed E-state index contributed by atoms with van der Waals surface area (Å²) in [6, 6.07) is 9.35. The molecule has 2 aromatic rings. The molecule has 8 nitrogen and oxygen atoms in total. The van der Waals surface area contributed by atoms with Crippen LogP contribution in [-0.4, -0.2) is 36.1 Å². The maximum Gasteiger partial charge on any atom is 0.407 e. The van der Waals surface area contributed by atoms with Crippen LogP contribution >= 0.6 is 11.3 Å². The van der Waals surface area contributed by atoms with E-state index in [4.69, 9.17) is 9.47 Å². The zero-order chi connectivity index (χ0) is 19.5. The fourth-order valence-corrected chi connectivity index (χ4v) is 2.72. The molecule has 0 saturated carbocycles. The van der Waals surface area contributed by atoms with Gasteiger partial charge in [-0.3, -0.25) is 4.79 Å². The zero-order valence-corrected chi connectivity index (χ0v) is 15.7. The third kappa shape index (κ3) is 7.45. The maximum absolute atomic E-state index is 11.9. The van der Waals surface area contributed by atoms with Crippen molar-refractivity contribution in [1.29, 1.82) is 0 Å². The lowest BCUT2D eigenvalue weighted by molar-refractivity contribution is -0.116. The van der Waals surface area contributed by atoms with Crippen LogP contribution in [0.4, 0.5) is 9.93 Å². The van der Waals surface area contributed by atoms with Crippen molar-refractivity contribution in [3.63, 3.8) is 0 Å². The van der Waals surface area contributed by atoms with Gasteiger partial charge >= 0.3 is 12.1 Å². The molecule has 0 spiro atoms. The number of anilines is 1. The van der Waals surface area contributed by atoms with Crippen molar-refractivity contribution < 1.29 is 23.9 Å². The lowest BCUT2D eigenvalue weighted by Gasteiger charge is -2.07. The van der Waals surface area contributed by atoms with Crippen LogP contribution in [0.1, 0.15) is 35.8 Å². The fraction of sp³-hybridized carbons (Fsp3) is 0.333. The predicted octanol–water partition coefficient (Wildman–Crippen LogP) is 2.96. The van der Waals surface area contributed by atoms with Crippen molar-refractivity contribution in [2.45, 2.75) is 26.4 Å². The van der Waals surface area contributed by atoms with E-state index in [0.717, 1.165) is 16.9 Å². The second-order valence-electron chi connectivity index (χ2n) is 5.40. The number of hydrogen-bond donors (Lipinski definition) is 2. The van der Waals surface area contributed by atoms with Crippen molar-refractivity contribution in [1.82, 2.24) is 10.3 Å². The van der Waals surface area contributed by atoms with Crippen molar-refractivity contribution in [3.8, 4) is 0 Å². The van der Waals surface area contributed by atoms with E-state index in [0.29, 0.717) is 18.1 Å². The Morgan fingerprint density at radius 2 is 1.93 bits per heavy atom. The Kier molecular flexibility index (Phi) is 8.24. The number of amides is 2. The monoisotopic (exact) mass is 391 g/mol. The summed E-state index contributed by atoms with van der Waals surface area (Å²) >= 11 is 1.15. The highest BCUT2D eigenvalue weighted by molar-refractivity contribution is 7.14. The average Bonchev–Trinajstić information content (AvgIpc) is 3.13. The minimum Gasteiger partial charge on any atom is -0.461 e. The molecule has 144 valence electrons. The van der Waals surface area contributed by atoms with Gasteiger partial charge in [-0.05, 0) is 18.9 Å². The Labute approximate surface area is 160 Å². The number of esters is 1. The number of nitrogens with one attached hydrogen (secondary N) is 2. The maximum atomic E-state index is 11.9. The number of carbonyl (C=O) groups excluding carboxylic acids is 3. The standard InChI is InChI=1S/C18H21N3O5S/c1-2-25-16(23)14-12-27-17(20-14)21-15(22)9-6-10-19-18(24)26-11-13-7-4-3-5-8-13/h3-5,7-8,12H,2,6,9-11H2,1H3,(H,19,24)(H,20,21,22). The molecule has 0 fully saturated rings. The van der Waals surface area contributed by atoms with E-state index in [-0.39, 0.29) is 31.2 Å². The first-order valence-corrected chi connectivity index (χ1v) is 9.33. The molecule has 2 amide bonds. The lowest BCUT2D eigenvalue weighted by Crippen LogP contribution is -2.26. The van der Waals surface area contributed by atoms with Crippen LogP contribution in [0, 0.1) is 0 Å². The SMILES string of the molecule is CCOC(=O)c1csc(NC(=O)CCCNC(=O)OCc2ccccc2)n1. The summed E-state index contributed by atoms with van der Waals surface area (Å²) in [6.07, 6.45) is 0.119. The number of carbonyl (C=O) groups is 3. The van der Waals surface area contributed by atoms with E-state index >= 15 is 0 Å². The van der Waals surface area contributed by atoms with Gasteiger partial charge in [-0.25, -0.2) is 14.6 Å². The number of aromatic nitrogens is 1. The molecule has 1 aromatic carbocycles. The van der Waals surface area contributed by atoms with Gasteiger partial charge in [-0.15, -0.1) is 11.3 Å². The van der Waals surface area contributed by atoms with E-state index in [1.54, 1.807) is 6.92 Å². The minimum absolute atomic E-state index is 0.167. The van der Waals surface area contributed by atoms with Crippen LogP contribution in [-0.2, 0) is 20.9 Å². The van der Waals surface area contributed by atoms with Crippen molar-refractivity contribution >= 4 is 34.4 Å². The molecule has 0 aliphatic carbocycles. The van der Waals surface area contributed by atoms with Crippen LogP contribution in [0.3, 0.4) is 0 Å². The van der Waals surface area contributed by atoms with Crippen LogP contribution < -0.4 is 10.6 Å². The highest BCUT2D eigenvalue weighted by atomic mass is 32.1. The van der Waals surface area contributed by atoms with Gasteiger partial charge in [0, 0.05) is 18.3 Å². The first-order valence-electron chi connectivity index (χ1n) is 8.45. The molecule has 0 bridgehead atoms. The number of benzene rings is 1. The summed E-state index contributed by atoms with van der Waals surface area (Å²) in [4.78, 5) is 39.0. The Hall–Kier alpha value is -2.94. The van der Waals surface area contributed by atoms with Crippen LogP contribution in [0.15, 0.2) is 35.7 Å². The van der Waals surface area contributed by atoms with E-state index in [1.807, 2.05) is 30.3 Å². The second kappa shape index (κ2) is 10.9. The molecule has 2 N–H and O–H groups in total. The van der Waals surface area contributed by atoms with E-state index in [9.17, 15) is 14.4 Å². The summed E-state index contributed by atoms with van der Waals surface area (Å²) in [5.41, 5.74) is 1.07. The van der Waals surface area contributed by atoms with Gasteiger partial charge in [0.05, 0.1) is 6.61 Å². The summed E-state index contributed by atoms with van der Waals surface area (Å²) < 4.78 is 9.91. The fourth-order valence-electron chi connectivity index (χ4n) is 2.03. The number of ether oxygens (including phenoxy) is 2. The Morgan fingerprint density at radius 1 is 1.15 bits per heavy atom. The lowest BCUT2D eigenvalue weighted by atomic mass is 10.2. The number of hydrogen-bond acceptors (Lipinski definition) is 7. The van der Waals surface area contributed by atoms with Crippen molar-refractivity contribution in [2.24, 2.45) is 0 Å². The molecule has 0 saturated heterocycles. The Morgan fingerprint density at radius 3 is 2.67 bits per heavy atom. The molecule has 0 aliphatic rings. The molecule has 0 aliphatic heterocycles. The van der Waals surface area contributed by atoms with Gasteiger partial charge < -0.3 is 20.1 Å². The Balaban J connectivity index is 1.60. The highest BCUT2D eigenvalue weighted by Crippen LogP contribution is 2.16. The molecular weight excluding hydrogens is 370 g/mol. The largest absolute Gasteiger partial charge is 0.461 e. The molecule has 1 aromatic heterocycles. The molecule has 9 heteroatoms. The number of nitrogens with zero attached hydrogens (tertiary/aromatic N) is 1. The third-order valence-electron chi connectivity index (χ3n) is 3.30. The van der Waals surface area contributed by atoms with Gasteiger partial charge in [0.15, 0.2) is 10.8 Å². The van der Waals surface area contributed by atoms with Gasteiger partial charge in [0.2, 0.25) is 5.91 Å². The van der Waals surface area contributed by atoms with Crippen molar-refractivity contribution in [2.75, 3.05) is 18.5 Å². The van der Waals surface area contributed by atoms with Gasteiger partial charge in [0.25, 0.3) is 0 Å². The minimum atomic E-state index is -0.529. The Bertz CT molecular complexity index is 763. The molecule has 2 rings (SSSR count). The highest BCUT2D eigenvalue weighted by Gasteiger charge is 2.13. The topological polar surface area (TPSA) is 107 Å². The summed E-state index contributed by atoms with van der Waals surface area (Å²) in [6.45, 7) is 2.48. The van der Waals surface area contributed by atoms with Gasteiger partial charge in [-0.2, -0.15) is 0 Å². The van der Waals surface area contributed by atoms with Crippen LogP contribution in [0.2, 0.25) is 0 Å². The average molecular weight is 391 g/mol. The predicted molar refractivity (Wildman–Crippen MR) is 101 cm³/mol. The smallest absolute Gasteiger partial charge is 0.407 e. The normalized spacial score (nSPS) is 10.1. The summed E-state index contributed by atoms with van der Waals surface area (Å²) in [5, 5.41) is 7.06. The van der Waals surface area contributed by atoms with E-state index in [2.05, 4.69) is 15.6 Å². The quantitative estimate of drug-likeness (QED) is 0.503. The second-order valence-corrected chi connectivity index (χ2v) is 6.26. The van der Waals surface area contributed by atoms with Crippen LogP contribution in [0.25, 0.3) is 0 Å². The van der Waals surface area contributed by atoms with Crippen molar-refractivity contribution in [3.05, 3.63) is 47.0 Å². The summed E-state index contributed by atoms with van der Waals surface area (Å²) in [5.74, 6) is -0.772. The summed E-state index contributed by atoms with van der Waals surface area (Å²) in [7, 11) is 0. The number of thiazole rings is 1. The van der Waals surface area contributed by atoms with E-state index in [1.165, 1.54) is 5.38 Å². The van der Waals surface area contributed by atoms with Crippen LogP contribution in [0.5, 0.6) is 0 Å². The van der Waals surface area contributed by atoms with E-state index < -0.39 is 12.1 Å². The molecular formula is C18H21N3O5S. The number of rotatable bonds is 9. The molecule has 1 heterocycles. The molecule has 0 unspecified atom stereocenters. The first-order chi connectivity index (χ1) is 13.1. The molecule has 27 heavy (non-hydrogen) atoms. The third-order valence-corrected chi connectivity index (χ3v) is 4.06. The zero-order valence-electron chi connectivity index (χ0n) is 14.9. The molecule has 0 atom stereocenters. The van der Waals surface area contributed by atoms with Gasteiger partial charge in [0.1, 0.15) is 6.61 Å². The number of alkyl carbamates (subject to hydrolysis) is 1. The molecule has 0 radical (unpaired) electrons. The van der Waals surface area contributed by atoms with Gasteiger partial charge in [-0.1, -0.05) is 30.3 Å². The first kappa shape index (κ1) is 20.4.